The van der Waals surface area contributed by atoms with Crippen LogP contribution in [0.2, 0.25) is 0 Å². The van der Waals surface area contributed by atoms with Gasteiger partial charge in [0.15, 0.2) is 0 Å². The van der Waals surface area contributed by atoms with E-state index >= 15 is 0 Å². The second-order valence-electron chi connectivity index (χ2n) is 9.58. The lowest BCUT2D eigenvalue weighted by Gasteiger charge is -2.38. The third-order valence-electron chi connectivity index (χ3n) is 7.76. The fourth-order valence-electron chi connectivity index (χ4n) is 6.18. The standard InChI is InChI=1S/C24H30N6O3/c1-27-22(31)15-4-6-18-14(9-15)5-7-20(18)30-17-10-21(24(30)33)28(12-17)13-19(26)23(32)29-8-2-3-16(29)11-25/h4,6,9,16-17,19-21H,2-3,5,7-8,10,12-13,26H2,1H3,(H,27,31)/t16-,17-,19-,20-,21-/m0/s1. The van der Waals surface area contributed by atoms with E-state index < -0.39 is 6.04 Å². The van der Waals surface area contributed by atoms with Gasteiger partial charge in [0.1, 0.15) is 6.04 Å². The Hall–Kier alpha value is -2.96. The molecule has 3 heterocycles. The molecule has 2 bridgehead atoms. The van der Waals surface area contributed by atoms with Crippen molar-refractivity contribution < 1.29 is 14.4 Å². The second kappa shape index (κ2) is 8.43. The number of benzene rings is 1. The van der Waals surface area contributed by atoms with E-state index in [9.17, 15) is 19.6 Å². The van der Waals surface area contributed by atoms with Gasteiger partial charge in [-0.3, -0.25) is 19.3 Å². The summed E-state index contributed by atoms with van der Waals surface area (Å²) in [5.74, 6) is -0.188. The third kappa shape index (κ3) is 3.58. The van der Waals surface area contributed by atoms with Gasteiger partial charge in [-0.2, -0.15) is 5.26 Å². The van der Waals surface area contributed by atoms with Crippen molar-refractivity contribution >= 4 is 17.7 Å². The van der Waals surface area contributed by atoms with Gasteiger partial charge in [-0.05, 0) is 55.4 Å². The van der Waals surface area contributed by atoms with E-state index in [0.29, 0.717) is 31.6 Å². The summed E-state index contributed by atoms with van der Waals surface area (Å²) in [6.07, 6.45) is 4.00. The average Bonchev–Trinajstić information content (AvgIpc) is 3.60. The molecule has 33 heavy (non-hydrogen) atoms. The molecule has 0 aromatic heterocycles. The Morgan fingerprint density at radius 2 is 2.12 bits per heavy atom. The molecule has 3 saturated heterocycles. The molecule has 1 aliphatic carbocycles. The highest BCUT2D eigenvalue weighted by atomic mass is 16.2. The Morgan fingerprint density at radius 1 is 1.30 bits per heavy atom. The van der Waals surface area contributed by atoms with E-state index in [-0.39, 0.29) is 41.9 Å². The van der Waals surface area contributed by atoms with Crippen molar-refractivity contribution in [3.63, 3.8) is 0 Å². The lowest BCUT2D eigenvalue weighted by atomic mass is 10.0. The minimum atomic E-state index is -0.727. The zero-order valence-corrected chi connectivity index (χ0v) is 18.9. The number of hydrogen-bond donors (Lipinski definition) is 2. The molecule has 3 fully saturated rings. The molecule has 0 saturated carbocycles. The molecular formula is C24H30N6O3. The van der Waals surface area contributed by atoms with Gasteiger partial charge in [-0.25, -0.2) is 0 Å². The van der Waals surface area contributed by atoms with E-state index in [1.807, 2.05) is 28.0 Å². The minimum absolute atomic E-state index is 0.0414. The average molecular weight is 451 g/mol. The fourth-order valence-corrected chi connectivity index (χ4v) is 6.18. The minimum Gasteiger partial charge on any atom is -0.355 e. The first-order chi connectivity index (χ1) is 15.9. The van der Waals surface area contributed by atoms with Crippen LogP contribution in [0.5, 0.6) is 0 Å². The van der Waals surface area contributed by atoms with Gasteiger partial charge in [0, 0.05) is 38.3 Å². The highest BCUT2D eigenvalue weighted by molar-refractivity contribution is 5.94. The fraction of sp³-hybridized carbons (Fsp3) is 0.583. The number of likely N-dealkylation sites (tertiary alicyclic amines) is 3. The maximum Gasteiger partial charge on any atom is 0.251 e. The zero-order valence-electron chi connectivity index (χ0n) is 18.9. The molecule has 3 aliphatic heterocycles. The largest absolute Gasteiger partial charge is 0.355 e. The third-order valence-corrected chi connectivity index (χ3v) is 7.76. The number of hydrogen-bond acceptors (Lipinski definition) is 6. The van der Waals surface area contributed by atoms with Crippen LogP contribution in [0.3, 0.4) is 0 Å². The molecule has 5 atom stereocenters. The molecule has 0 radical (unpaired) electrons. The predicted octanol–water partition coefficient (Wildman–Crippen LogP) is 0.160. The number of nitrogens with two attached hydrogens (primary N) is 1. The van der Waals surface area contributed by atoms with Gasteiger partial charge in [0.05, 0.1) is 24.2 Å². The summed E-state index contributed by atoms with van der Waals surface area (Å²) in [5, 5.41) is 11.9. The summed E-state index contributed by atoms with van der Waals surface area (Å²) < 4.78 is 0. The summed E-state index contributed by atoms with van der Waals surface area (Å²) in [6.45, 7) is 1.62. The summed E-state index contributed by atoms with van der Waals surface area (Å²) in [4.78, 5) is 43.8. The molecule has 0 spiro atoms. The SMILES string of the molecule is CNC(=O)c1ccc2c(c1)CC[C@@H]2N1C(=O)[C@@H]2C[C@H]1CN2C[C@H](N)C(=O)N1CCC[C@H]1C#N. The quantitative estimate of drug-likeness (QED) is 0.659. The Kier molecular flexibility index (Phi) is 5.59. The molecule has 174 valence electrons. The predicted molar refractivity (Wildman–Crippen MR) is 120 cm³/mol. The molecule has 9 nitrogen and oxygen atoms in total. The summed E-state index contributed by atoms with van der Waals surface area (Å²) >= 11 is 0. The highest BCUT2D eigenvalue weighted by Crippen LogP contribution is 2.44. The van der Waals surface area contributed by atoms with E-state index in [4.69, 9.17) is 5.73 Å². The number of piperazine rings is 1. The topological polar surface area (TPSA) is 123 Å². The maximum absolute atomic E-state index is 13.3. The Labute approximate surface area is 193 Å². The van der Waals surface area contributed by atoms with Crippen molar-refractivity contribution in [3.05, 3.63) is 34.9 Å². The molecule has 3 N–H and O–H groups in total. The smallest absolute Gasteiger partial charge is 0.251 e. The van der Waals surface area contributed by atoms with Gasteiger partial charge >= 0.3 is 0 Å². The van der Waals surface area contributed by atoms with E-state index in [0.717, 1.165) is 36.8 Å². The van der Waals surface area contributed by atoms with Gasteiger partial charge in [-0.1, -0.05) is 6.07 Å². The summed E-state index contributed by atoms with van der Waals surface area (Å²) in [7, 11) is 1.62. The van der Waals surface area contributed by atoms with Gasteiger partial charge in [0.25, 0.3) is 5.91 Å². The van der Waals surface area contributed by atoms with Crippen LogP contribution in [-0.4, -0.2) is 83.3 Å². The number of nitrogens with one attached hydrogen (secondary N) is 1. The van der Waals surface area contributed by atoms with Crippen molar-refractivity contribution in [2.75, 3.05) is 26.7 Å². The molecule has 1 aromatic carbocycles. The first-order valence-corrected chi connectivity index (χ1v) is 11.8. The monoisotopic (exact) mass is 450 g/mol. The Bertz CT molecular complexity index is 1040. The van der Waals surface area contributed by atoms with Crippen molar-refractivity contribution in [1.29, 1.82) is 5.26 Å². The number of rotatable bonds is 5. The maximum atomic E-state index is 13.3. The molecule has 3 amide bonds. The zero-order chi connectivity index (χ0) is 23.3. The normalized spacial score (nSPS) is 29.3. The number of carbonyl (C=O) groups is 3. The van der Waals surface area contributed by atoms with Crippen LogP contribution >= 0.6 is 0 Å². The summed E-state index contributed by atoms with van der Waals surface area (Å²) in [5.41, 5.74) is 9.16. The summed E-state index contributed by atoms with van der Waals surface area (Å²) in [6, 6.07) is 6.75. The molecule has 4 aliphatic rings. The van der Waals surface area contributed by atoms with Crippen molar-refractivity contribution in [2.24, 2.45) is 5.73 Å². The first kappa shape index (κ1) is 21.9. The molecule has 0 unspecified atom stereocenters. The van der Waals surface area contributed by atoms with Gasteiger partial charge in [-0.15, -0.1) is 0 Å². The number of amides is 3. The van der Waals surface area contributed by atoms with Crippen LogP contribution in [0.4, 0.5) is 0 Å². The van der Waals surface area contributed by atoms with E-state index in [2.05, 4.69) is 11.4 Å². The number of fused-ring (bicyclic) bond motifs is 3. The van der Waals surface area contributed by atoms with Crippen LogP contribution in [0.25, 0.3) is 0 Å². The Morgan fingerprint density at radius 3 is 2.85 bits per heavy atom. The van der Waals surface area contributed by atoms with Crippen LogP contribution in [0.15, 0.2) is 18.2 Å². The molecule has 9 heteroatoms. The van der Waals surface area contributed by atoms with Crippen LogP contribution in [0.1, 0.15) is 53.2 Å². The number of nitrogens with zero attached hydrogens (tertiary/aromatic N) is 4. The van der Waals surface area contributed by atoms with Gasteiger partial charge in [0.2, 0.25) is 11.8 Å². The lowest BCUT2D eigenvalue weighted by molar-refractivity contribution is -0.141. The number of carbonyl (C=O) groups excluding carboxylic acids is 3. The molecule has 5 rings (SSSR count). The second-order valence-corrected chi connectivity index (χ2v) is 9.58. The number of aryl methyl sites for hydroxylation is 1. The lowest BCUT2D eigenvalue weighted by Crippen LogP contribution is -2.56. The van der Waals surface area contributed by atoms with E-state index in [1.165, 1.54) is 0 Å². The highest BCUT2D eigenvalue weighted by Gasteiger charge is 2.53. The van der Waals surface area contributed by atoms with Crippen molar-refractivity contribution in [1.82, 2.24) is 20.0 Å². The van der Waals surface area contributed by atoms with Crippen molar-refractivity contribution in [2.45, 2.75) is 62.3 Å². The van der Waals surface area contributed by atoms with Crippen LogP contribution in [-0.2, 0) is 16.0 Å². The van der Waals surface area contributed by atoms with Crippen molar-refractivity contribution in [3.8, 4) is 6.07 Å². The van der Waals surface area contributed by atoms with Crippen LogP contribution < -0.4 is 11.1 Å². The number of nitriles is 1. The molecule has 1 aromatic rings. The Balaban J connectivity index is 1.25. The molecular weight excluding hydrogens is 420 g/mol. The van der Waals surface area contributed by atoms with E-state index in [1.54, 1.807) is 11.9 Å². The van der Waals surface area contributed by atoms with Crippen LogP contribution in [0, 0.1) is 11.3 Å². The first-order valence-electron chi connectivity index (χ1n) is 11.8. The van der Waals surface area contributed by atoms with Gasteiger partial charge < -0.3 is 20.9 Å².